The van der Waals surface area contributed by atoms with E-state index in [1.54, 1.807) is 14.2 Å². The Morgan fingerprint density at radius 1 is 1.40 bits per heavy atom. The summed E-state index contributed by atoms with van der Waals surface area (Å²) in [5.41, 5.74) is 2.11. The van der Waals surface area contributed by atoms with E-state index in [2.05, 4.69) is 11.4 Å². The number of amides is 1. The van der Waals surface area contributed by atoms with Gasteiger partial charge in [0.05, 0.1) is 25.9 Å². The molecule has 0 unspecified atom stereocenters. The zero-order chi connectivity index (χ0) is 14.4. The van der Waals surface area contributed by atoms with Crippen molar-refractivity contribution in [3.05, 3.63) is 23.8 Å². The second-order valence-corrected chi connectivity index (χ2v) is 4.79. The largest absolute Gasteiger partial charge is 0.495 e. The first-order valence-corrected chi connectivity index (χ1v) is 6.94. The molecule has 110 valence electrons. The first kappa shape index (κ1) is 14.8. The molecule has 2 rings (SSSR count). The zero-order valence-electron chi connectivity index (χ0n) is 12.1. The third-order valence-electron chi connectivity index (χ3n) is 3.46. The van der Waals surface area contributed by atoms with Crippen molar-refractivity contribution in [2.24, 2.45) is 0 Å². The summed E-state index contributed by atoms with van der Waals surface area (Å²) in [5.74, 6) is 0.846. The molecule has 1 aliphatic rings. The van der Waals surface area contributed by atoms with Gasteiger partial charge in [-0.05, 0) is 24.5 Å². The first-order valence-electron chi connectivity index (χ1n) is 6.94. The Labute approximate surface area is 119 Å². The molecule has 1 heterocycles. The van der Waals surface area contributed by atoms with Crippen LogP contribution in [0, 0.1) is 0 Å². The molecule has 20 heavy (non-hydrogen) atoms. The Morgan fingerprint density at radius 3 is 3.00 bits per heavy atom. The van der Waals surface area contributed by atoms with Crippen LogP contribution in [-0.2, 0) is 16.0 Å². The highest BCUT2D eigenvalue weighted by molar-refractivity contribution is 5.97. The van der Waals surface area contributed by atoms with Crippen LogP contribution in [0.4, 0.5) is 5.69 Å². The summed E-state index contributed by atoms with van der Waals surface area (Å²) in [7, 11) is 3.29. The van der Waals surface area contributed by atoms with Crippen molar-refractivity contribution in [1.82, 2.24) is 5.32 Å². The molecule has 5 heteroatoms. The van der Waals surface area contributed by atoms with Crippen molar-refractivity contribution in [3.63, 3.8) is 0 Å². The maximum Gasteiger partial charge on any atom is 0.241 e. The molecule has 0 saturated heterocycles. The van der Waals surface area contributed by atoms with E-state index in [4.69, 9.17) is 9.47 Å². The lowest BCUT2D eigenvalue weighted by atomic mass is 10.0. The van der Waals surface area contributed by atoms with Gasteiger partial charge >= 0.3 is 0 Å². The normalized spacial score (nSPS) is 14.0. The van der Waals surface area contributed by atoms with E-state index in [-0.39, 0.29) is 5.91 Å². The van der Waals surface area contributed by atoms with Gasteiger partial charge in [0.1, 0.15) is 5.75 Å². The van der Waals surface area contributed by atoms with Crippen molar-refractivity contribution in [3.8, 4) is 5.75 Å². The summed E-state index contributed by atoms with van der Waals surface area (Å²) in [6.07, 6.45) is 1.98. The van der Waals surface area contributed by atoms with Crippen LogP contribution >= 0.6 is 0 Å². The Hall–Kier alpha value is -1.59. The van der Waals surface area contributed by atoms with Crippen LogP contribution in [-0.4, -0.2) is 46.4 Å². The van der Waals surface area contributed by atoms with Gasteiger partial charge in [0.2, 0.25) is 5.91 Å². The molecule has 0 spiro atoms. The van der Waals surface area contributed by atoms with E-state index >= 15 is 0 Å². The molecule has 1 amide bonds. The number of ether oxygens (including phenoxy) is 2. The van der Waals surface area contributed by atoms with Gasteiger partial charge in [-0.25, -0.2) is 0 Å². The van der Waals surface area contributed by atoms with Crippen LogP contribution in [0.1, 0.15) is 12.0 Å². The SMILES string of the molecule is COCCNCC(=O)N1CCCc2cccc(OC)c21. The van der Waals surface area contributed by atoms with Crippen LogP contribution in [0.25, 0.3) is 0 Å². The molecule has 1 aromatic carbocycles. The number of hydrogen-bond acceptors (Lipinski definition) is 4. The van der Waals surface area contributed by atoms with E-state index in [0.29, 0.717) is 19.7 Å². The second kappa shape index (κ2) is 7.26. The summed E-state index contributed by atoms with van der Waals surface area (Å²) in [6.45, 7) is 2.35. The van der Waals surface area contributed by atoms with Gasteiger partial charge < -0.3 is 19.7 Å². The molecule has 0 bridgehead atoms. The Bertz CT molecular complexity index is 448. The molecule has 0 atom stereocenters. The predicted octanol–water partition coefficient (Wildman–Crippen LogP) is 1.21. The number of hydrogen-bond donors (Lipinski definition) is 1. The quantitative estimate of drug-likeness (QED) is 0.795. The van der Waals surface area contributed by atoms with Crippen molar-refractivity contribution in [2.75, 3.05) is 45.4 Å². The molecular weight excluding hydrogens is 256 g/mol. The third kappa shape index (κ3) is 3.29. The average molecular weight is 278 g/mol. The summed E-state index contributed by atoms with van der Waals surface area (Å²) < 4.78 is 10.4. The molecule has 0 aliphatic carbocycles. The van der Waals surface area contributed by atoms with Gasteiger partial charge in [-0.2, -0.15) is 0 Å². The minimum absolute atomic E-state index is 0.0755. The number of nitrogens with zero attached hydrogens (tertiary/aromatic N) is 1. The summed E-state index contributed by atoms with van der Waals surface area (Å²) >= 11 is 0. The summed E-state index contributed by atoms with van der Waals surface area (Å²) in [4.78, 5) is 14.2. The molecule has 1 N–H and O–H groups in total. The van der Waals surface area contributed by atoms with E-state index in [0.717, 1.165) is 30.8 Å². The molecule has 5 nitrogen and oxygen atoms in total. The Morgan fingerprint density at radius 2 is 2.25 bits per heavy atom. The van der Waals surface area contributed by atoms with Crippen LogP contribution in [0.15, 0.2) is 18.2 Å². The Balaban J connectivity index is 2.09. The smallest absolute Gasteiger partial charge is 0.241 e. The first-order chi connectivity index (χ1) is 9.77. The van der Waals surface area contributed by atoms with E-state index < -0.39 is 0 Å². The fourth-order valence-corrected chi connectivity index (χ4v) is 2.49. The van der Waals surface area contributed by atoms with Gasteiger partial charge in [0.15, 0.2) is 0 Å². The lowest BCUT2D eigenvalue weighted by Crippen LogP contribution is -2.42. The number of carbonyl (C=O) groups is 1. The van der Waals surface area contributed by atoms with E-state index in [9.17, 15) is 4.79 Å². The number of fused-ring (bicyclic) bond motifs is 1. The highest BCUT2D eigenvalue weighted by atomic mass is 16.5. The molecule has 1 aromatic rings. The maximum atomic E-state index is 12.4. The minimum atomic E-state index is 0.0755. The lowest BCUT2D eigenvalue weighted by Gasteiger charge is -2.31. The molecule has 1 aliphatic heterocycles. The number of anilines is 1. The number of methoxy groups -OCH3 is 2. The van der Waals surface area contributed by atoms with Gasteiger partial charge in [-0.15, -0.1) is 0 Å². The van der Waals surface area contributed by atoms with Crippen molar-refractivity contribution in [1.29, 1.82) is 0 Å². The Kier molecular flexibility index (Phi) is 5.38. The fourth-order valence-electron chi connectivity index (χ4n) is 2.49. The van der Waals surface area contributed by atoms with Crippen LogP contribution in [0.5, 0.6) is 5.75 Å². The van der Waals surface area contributed by atoms with Gasteiger partial charge in [0.25, 0.3) is 0 Å². The van der Waals surface area contributed by atoms with Gasteiger partial charge in [-0.3, -0.25) is 4.79 Å². The number of rotatable bonds is 6. The summed E-state index contributed by atoms with van der Waals surface area (Å²) in [6, 6.07) is 5.95. The number of aryl methyl sites for hydroxylation is 1. The third-order valence-corrected chi connectivity index (χ3v) is 3.46. The molecular formula is C15H22N2O3. The van der Waals surface area contributed by atoms with E-state index in [1.807, 2.05) is 17.0 Å². The topological polar surface area (TPSA) is 50.8 Å². The average Bonchev–Trinajstić information content (AvgIpc) is 2.50. The second-order valence-electron chi connectivity index (χ2n) is 4.79. The number of para-hydroxylation sites is 1. The maximum absolute atomic E-state index is 12.4. The number of carbonyl (C=O) groups excluding carboxylic acids is 1. The molecule has 0 aromatic heterocycles. The molecule has 0 radical (unpaired) electrons. The predicted molar refractivity (Wildman–Crippen MR) is 78.4 cm³/mol. The standard InChI is InChI=1S/C15H22N2O3/c1-19-10-8-16-11-14(18)17-9-4-6-12-5-3-7-13(20-2)15(12)17/h3,5,7,16H,4,6,8-11H2,1-2H3. The highest BCUT2D eigenvalue weighted by Gasteiger charge is 2.25. The monoisotopic (exact) mass is 278 g/mol. The number of benzene rings is 1. The molecule has 0 fully saturated rings. The number of nitrogens with one attached hydrogen (secondary N) is 1. The van der Waals surface area contributed by atoms with Crippen molar-refractivity contribution < 1.29 is 14.3 Å². The van der Waals surface area contributed by atoms with Crippen LogP contribution in [0.3, 0.4) is 0 Å². The van der Waals surface area contributed by atoms with Crippen LogP contribution in [0.2, 0.25) is 0 Å². The van der Waals surface area contributed by atoms with Crippen molar-refractivity contribution >= 4 is 11.6 Å². The van der Waals surface area contributed by atoms with Crippen molar-refractivity contribution in [2.45, 2.75) is 12.8 Å². The van der Waals surface area contributed by atoms with Gasteiger partial charge in [0, 0.05) is 20.2 Å². The molecule has 0 saturated carbocycles. The lowest BCUT2D eigenvalue weighted by molar-refractivity contribution is -0.117. The highest BCUT2D eigenvalue weighted by Crippen LogP contribution is 2.35. The zero-order valence-corrected chi connectivity index (χ0v) is 12.1. The van der Waals surface area contributed by atoms with Gasteiger partial charge in [-0.1, -0.05) is 12.1 Å². The fraction of sp³-hybridized carbons (Fsp3) is 0.533. The van der Waals surface area contributed by atoms with E-state index in [1.165, 1.54) is 5.56 Å². The minimum Gasteiger partial charge on any atom is -0.495 e. The van der Waals surface area contributed by atoms with Crippen LogP contribution < -0.4 is 15.0 Å². The summed E-state index contributed by atoms with van der Waals surface area (Å²) in [5, 5.41) is 3.09.